The minimum absolute atomic E-state index is 0.00921. The molecule has 3 aromatic rings. The monoisotopic (exact) mass is 307 g/mol. The highest BCUT2D eigenvalue weighted by Crippen LogP contribution is 2.22. The lowest BCUT2D eigenvalue weighted by atomic mass is 10.1. The van der Waals surface area contributed by atoms with Crippen LogP contribution in [0.3, 0.4) is 0 Å². The van der Waals surface area contributed by atoms with Crippen molar-refractivity contribution in [2.45, 2.75) is 6.92 Å². The van der Waals surface area contributed by atoms with Crippen molar-refractivity contribution in [3.05, 3.63) is 65.9 Å². The number of nitrogens with zero attached hydrogens (tertiary/aromatic N) is 2. The van der Waals surface area contributed by atoms with E-state index < -0.39 is 5.91 Å². The van der Waals surface area contributed by atoms with Gasteiger partial charge in [0.25, 0.3) is 5.91 Å². The number of aromatic nitrogens is 1. The number of fused-ring (bicyclic) bond motifs is 1. The van der Waals surface area contributed by atoms with Crippen LogP contribution in [0.2, 0.25) is 0 Å². The van der Waals surface area contributed by atoms with Gasteiger partial charge in [-0.05, 0) is 24.6 Å². The van der Waals surface area contributed by atoms with Gasteiger partial charge < -0.3 is 15.1 Å². The third-order valence-corrected chi connectivity index (χ3v) is 3.86. The zero-order valence-corrected chi connectivity index (χ0v) is 12.9. The van der Waals surface area contributed by atoms with Crippen LogP contribution in [0.25, 0.3) is 10.9 Å². The molecule has 0 saturated heterocycles. The number of carbonyl (C=O) groups excluding carboxylic acids is 1. The van der Waals surface area contributed by atoms with E-state index >= 15 is 0 Å². The van der Waals surface area contributed by atoms with Gasteiger partial charge in [0.1, 0.15) is 0 Å². The van der Waals surface area contributed by atoms with E-state index in [9.17, 15) is 10.0 Å². The maximum Gasteiger partial charge on any atom is 0.278 e. The Morgan fingerprint density at radius 2 is 1.83 bits per heavy atom. The van der Waals surface area contributed by atoms with Gasteiger partial charge in [0, 0.05) is 35.4 Å². The zero-order chi connectivity index (χ0) is 16.4. The van der Waals surface area contributed by atoms with Gasteiger partial charge in [-0.25, -0.2) is 0 Å². The maximum atomic E-state index is 12.5. The molecule has 1 amide bonds. The molecule has 0 aliphatic rings. The summed E-state index contributed by atoms with van der Waals surface area (Å²) in [5, 5.41) is 16.3. The molecule has 5 nitrogen and oxygen atoms in total. The van der Waals surface area contributed by atoms with Gasteiger partial charge >= 0.3 is 0 Å². The number of hydrogen-bond acceptors (Lipinski definition) is 3. The van der Waals surface area contributed by atoms with Crippen LogP contribution in [0.1, 0.15) is 11.1 Å². The van der Waals surface area contributed by atoms with Crippen molar-refractivity contribution in [3.63, 3.8) is 0 Å². The second-order valence-corrected chi connectivity index (χ2v) is 5.39. The van der Waals surface area contributed by atoms with Gasteiger partial charge in [-0.2, -0.15) is 0 Å². The summed E-state index contributed by atoms with van der Waals surface area (Å²) >= 11 is 0. The highest BCUT2D eigenvalue weighted by Gasteiger charge is 2.20. The number of oxime groups is 1. The molecule has 1 heterocycles. The average Bonchev–Trinajstić information content (AvgIpc) is 2.88. The third-order valence-electron chi connectivity index (χ3n) is 3.86. The molecule has 0 fully saturated rings. The molecule has 0 spiro atoms. The molecule has 1 aromatic heterocycles. The lowest BCUT2D eigenvalue weighted by Gasteiger charge is -2.08. The third kappa shape index (κ3) is 2.68. The van der Waals surface area contributed by atoms with Crippen molar-refractivity contribution >= 4 is 28.2 Å². The summed E-state index contributed by atoms with van der Waals surface area (Å²) in [4.78, 5) is 12.5. The summed E-state index contributed by atoms with van der Waals surface area (Å²) in [5.74, 6) is -0.446. The summed E-state index contributed by atoms with van der Waals surface area (Å²) < 4.78 is 1.90. The van der Waals surface area contributed by atoms with Crippen LogP contribution in [-0.4, -0.2) is 21.4 Å². The Kier molecular flexibility index (Phi) is 3.85. The van der Waals surface area contributed by atoms with Crippen LogP contribution >= 0.6 is 0 Å². The number of nitrogens with one attached hydrogen (secondary N) is 1. The van der Waals surface area contributed by atoms with Crippen molar-refractivity contribution in [2.24, 2.45) is 12.2 Å². The first kappa shape index (κ1) is 14.8. The van der Waals surface area contributed by atoms with E-state index in [1.54, 1.807) is 6.20 Å². The van der Waals surface area contributed by atoms with Crippen LogP contribution in [0, 0.1) is 6.92 Å². The Bertz CT molecular complexity index is 910. The summed E-state index contributed by atoms with van der Waals surface area (Å²) in [5.41, 5.74) is 3.18. The first-order valence-corrected chi connectivity index (χ1v) is 7.25. The van der Waals surface area contributed by atoms with E-state index in [4.69, 9.17) is 0 Å². The normalized spacial score (nSPS) is 11.7. The summed E-state index contributed by atoms with van der Waals surface area (Å²) in [6.07, 6.45) is 1.79. The molecule has 0 aliphatic carbocycles. The van der Waals surface area contributed by atoms with Crippen LogP contribution in [0.15, 0.2) is 59.9 Å². The lowest BCUT2D eigenvalue weighted by Crippen LogP contribution is -2.24. The molecule has 23 heavy (non-hydrogen) atoms. The topological polar surface area (TPSA) is 66.6 Å². The highest BCUT2D eigenvalue weighted by molar-refractivity contribution is 6.50. The number of para-hydroxylation sites is 2. The van der Waals surface area contributed by atoms with E-state index in [0.29, 0.717) is 11.3 Å². The van der Waals surface area contributed by atoms with Crippen molar-refractivity contribution in [3.8, 4) is 0 Å². The number of hydrogen-bond donors (Lipinski definition) is 2. The fraction of sp³-hybridized carbons (Fsp3) is 0.111. The molecule has 2 N–H and O–H groups in total. The molecule has 2 aromatic carbocycles. The molecule has 0 radical (unpaired) electrons. The highest BCUT2D eigenvalue weighted by atomic mass is 16.4. The number of amides is 1. The number of carbonyl (C=O) groups is 1. The number of benzene rings is 2. The molecule has 0 aliphatic heterocycles. The van der Waals surface area contributed by atoms with E-state index in [-0.39, 0.29) is 5.71 Å². The molecule has 5 heteroatoms. The number of rotatable bonds is 3. The van der Waals surface area contributed by atoms with Gasteiger partial charge in [0.2, 0.25) is 0 Å². The first-order chi connectivity index (χ1) is 11.1. The van der Waals surface area contributed by atoms with Gasteiger partial charge in [-0.1, -0.05) is 41.6 Å². The predicted molar refractivity (Wildman–Crippen MR) is 91.1 cm³/mol. The van der Waals surface area contributed by atoms with Gasteiger partial charge in [-0.3, -0.25) is 4.79 Å². The van der Waals surface area contributed by atoms with Gasteiger partial charge in [-0.15, -0.1) is 0 Å². The Hall–Kier alpha value is -3.08. The largest absolute Gasteiger partial charge is 0.410 e. The SMILES string of the molecule is Cc1ccccc1NC(=O)/C(=N/O)c1cn(C)c2ccccc12. The average molecular weight is 307 g/mol. The number of aryl methyl sites for hydroxylation is 2. The summed E-state index contributed by atoms with van der Waals surface area (Å²) in [6.45, 7) is 1.91. The molecule has 0 bridgehead atoms. The zero-order valence-electron chi connectivity index (χ0n) is 12.9. The van der Waals surface area contributed by atoms with Crippen LogP contribution in [0.5, 0.6) is 0 Å². The fourth-order valence-electron chi connectivity index (χ4n) is 2.65. The smallest absolute Gasteiger partial charge is 0.278 e. The van der Waals surface area contributed by atoms with Crippen LogP contribution in [0.4, 0.5) is 5.69 Å². The van der Waals surface area contributed by atoms with Gasteiger partial charge in [0.05, 0.1) is 0 Å². The molecule has 3 rings (SSSR count). The molecular formula is C18H17N3O2. The second kappa shape index (κ2) is 5.96. The fourth-order valence-corrected chi connectivity index (χ4v) is 2.65. The van der Waals surface area contributed by atoms with Crippen LogP contribution < -0.4 is 5.32 Å². The Morgan fingerprint density at radius 3 is 2.57 bits per heavy atom. The number of anilines is 1. The van der Waals surface area contributed by atoms with E-state index in [1.165, 1.54) is 0 Å². The van der Waals surface area contributed by atoms with E-state index in [1.807, 2.05) is 67.1 Å². The van der Waals surface area contributed by atoms with Crippen LogP contribution in [-0.2, 0) is 11.8 Å². The second-order valence-electron chi connectivity index (χ2n) is 5.39. The molecule has 116 valence electrons. The summed E-state index contributed by atoms with van der Waals surface area (Å²) in [7, 11) is 1.89. The first-order valence-electron chi connectivity index (χ1n) is 7.25. The Labute approximate surface area is 133 Å². The van der Waals surface area contributed by atoms with Gasteiger partial charge in [0.15, 0.2) is 5.71 Å². The molecular weight excluding hydrogens is 290 g/mol. The Morgan fingerprint density at radius 1 is 1.13 bits per heavy atom. The van der Waals surface area contributed by atoms with Crippen molar-refractivity contribution in [2.75, 3.05) is 5.32 Å². The predicted octanol–water partition coefficient (Wildman–Crippen LogP) is 3.30. The minimum Gasteiger partial charge on any atom is -0.410 e. The maximum absolute atomic E-state index is 12.5. The van der Waals surface area contributed by atoms with E-state index in [0.717, 1.165) is 16.5 Å². The van der Waals surface area contributed by atoms with Crippen molar-refractivity contribution < 1.29 is 10.0 Å². The van der Waals surface area contributed by atoms with Crippen molar-refractivity contribution in [1.82, 2.24) is 4.57 Å². The molecule has 0 atom stereocenters. The molecule has 0 saturated carbocycles. The summed E-state index contributed by atoms with van der Waals surface area (Å²) in [6, 6.07) is 15.1. The lowest BCUT2D eigenvalue weighted by molar-refractivity contribution is -0.110. The van der Waals surface area contributed by atoms with Crippen molar-refractivity contribution in [1.29, 1.82) is 0 Å². The molecule has 0 unspecified atom stereocenters. The minimum atomic E-state index is -0.446. The Balaban J connectivity index is 1.99. The standard InChI is InChI=1S/C18H17N3O2/c1-12-7-3-5-9-15(12)19-18(22)17(20-23)14-11-21(2)16-10-6-4-8-13(14)16/h3-11,23H,1-2H3,(H,19,22)/b20-17+. The van der Waals surface area contributed by atoms with E-state index in [2.05, 4.69) is 10.5 Å². The quantitative estimate of drug-likeness (QED) is 0.443.